The highest BCUT2D eigenvalue weighted by Gasteiger charge is 2.42. The fourth-order valence-electron chi connectivity index (χ4n) is 2.80. The zero-order chi connectivity index (χ0) is 18.8. The third-order valence-electron chi connectivity index (χ3n) is 3.95. The molecule has 1 aliphatic rings. The monoisotopic (exact) mass is 390 g/mol. The second-order valence-electron chi connectivity index (χ2n) is 6.24. The third kappa shape index (κ3) is 3.49. The Hall–Kier alpha value is -2.26. The largest absolute Gasteiger partial charge is 0.299 e. The summed E-state index contributed by atoms with van der Waals surface area (Å²) in [4.78, 5) is 39.4. The third-order valence-corrected chi connectivity index (χ3v) is 5.76. The van der Waals surface area contributed by atoms with Crippen LogP contribution in [0.25, 0.3) is 0 Å². The van der Waals surface area contributed by atoms with E-state index in [9.17, 15) is 14.4 Å². The van der Waals surface area contributed by atoms with E-state index in [-0.39, 0.29) is 5.92 Å². The lowest BCUT2D eigenvalue weighted by Gasteiger charge is -2.26. The van der Waals surface area contributed by atoms with E-state index in [1.165, 1.54) is 23.1 Å². The van der Waals surface area contributed by atoms with Crippen molar-refractivity contribution in [3.63, 3.8) is 0 Å². The summed E-state index contributed by atoms with van der Waals surface area (Å²) in [6.45, 7) is 3.88. The summed E-state index contributed by atoms with van der Waals surface area (Å²) in [5.41, 5.74) is 0.666. The summed E-state index contributed by atoms with van der Waals surface area (Å²) in [7, 11) is 0. The summed E-state index contributed by atoms with van der Waals surface area (Å²) < 4.78 is 0.724. The highest BCUT2D eigenvalue weighted by Crippen LogP contribution is 2.28. The lowest BCUT2D eigenvalue weighted by atomic mass is 10.0. The number of hydrogen-bond acceptors (Lipinski definition) is 7. The van der Waals surface area contributed by atoms with Gasteiger partial charge in [-0.3, -0.25) is 24.6 Å². The highest BCUT2D eigenvalue weighted by atomic mass is 32.2. The molecular formula is C17H18N4O3S2. The van der Waals surface area contributed by atoms with Gasteiger partial charge in [0.2, 0.25) is 11.0 Å². The van der Waals surface area contributed by atoms with Crippen LogP contribution in [0.4, 0.5) is 5.13 Å². The number of anilines is 1. The maximum absolute atomic E-state index is 12.8. The van der Waals surface area contributed by atoms with Crippen molar-refractivity contribution in [2.75, 3.05) is 11.6 Å². The second-order valence-corrected chi connectivity index (χ2v) is 8.27. The van der Waals surface area contributed by atoms with E-state index in [1.807, 2.05) is 20.1 Å². The lowest BCUT2D eigenvalue weighted by molar-refractivity contribution is -0.120. The van der Waals surface area contributed by atoms with Crippen LogP contribution in [-0.4, -0.2) is 45.1 Å². The summed E-state index contributed by atoms with van der Waals surface area (Å²) >= 11 is 2.68. The molecule has 0 bridgehead atoms. The minimum atomic E-state index is -0.899. The summed E-state index contributed by atoms with van der Waals surface area (Å²) in [6.07, 6.45) is 2.23. The number of carbonyl (C=O) groups excluding carboxylic acids is 3. The number of thioether (sulfide) groups is 1. The molecule has 0 saturated carbocycles. The number of fused-ring (bicyclic) bond motifs is 1. The Morgan fingerprint density at radius 1 is 1.19 bits per heavy atom. The minimum absolute atomic E-state index is 0.117. The van der Waals surface area contributed by atoms with Crippen LogP contribution in [0.2, 0.25) is 0 Å². The molecule has 7 nitrogen and oxygen atoms in total. The van der Waals surface area contributed by atoms with E-state index in [2.05, 4.69) is 15.5 Å². The van der Waals surface area contributed by atoms with Gasteiger partial charge >= 0.3 is 0 Å². The summed E-state index contributed by atoms with van der Waals surface area (Å²) in [5, 5.41) is 10.9. The van der Waals surface area contributed by atoms with Gasteiger partial charge in [0.25, 0.3) is 11.8 Å². The van der Waals surface area contributed by atoms with Gasteiger partial charge in [-0.25, -0.2) is 0 Å². The lowest BCUT2D eigenvalue weighted by Crippen LogP contribution is -2.47. The summed E-state index contributed by atoms with van der Waals surface area (Å²) in [5.74, 6) is -1.19. The van der Waals surface area contributed by atoms with Gasteiger partial charge in [-0.15, -0.1) is 10.2 Å². The molecule has 3 rings (SSSR count). The Labute approximate surface area is 159 Å². The molecule has 136 valence electrons. The van der Waals surface area contributed by atoms with Gasteiger partial charge in [-0.1, -0.05) is 49.1 Å². The minimum Gasteiger partial charge on any atom is -0.299 e. The van der Waals surface area contributed by atoms with Gasteiger partial charge in [-0.05, 0) is 30.7 Å². The van der Waals surface area contributed by atoms with Crippen molar-refractivity contribution in [2.24, 2.45) is 5.92 Å². The molecule has 2 aromatic rings. The fraction of sp³-hybridized carbons (Fsp3) is 0.353. The van der Waals surface area contributed by atoms with Crippen LogP contribution in [0.15, 0.2) is 28.6 Å². The number of nitrogens with zero attached hydrogens (tertiary/aromatic N) is 3. The normalized spacial score (nSPS) is 14.7. The van der Waals surface area contributed by atoms with Crippen molar-refractivity contribution < 1.29 is 14.4 Å². The van der Waals surface area contributed by atoms with E-state index in [0.717, 1.165) is 9.24 Å². The molecule has 0 saturated heterocycles. The molecule has 2 heterocycles. The van der Waals surface area contributed by atoms with E-state index in [1.54, 1.807) is 24.3 Å². The molecule has 1 aromatic heterocycles. The first-order valence-corrected chi connectivity index (χ1v) is 10.1. The molecule has 1 unspecified atom stereocenters. The average Bonchev–Trinajstić information content (AvgIpc) is 3.16. The number of imide groups is 1. The van der Waals surface area contributed by atoms with Crippen molar-refractivity contribution in [1.82, 2.24) is 15.1 Å². The van der Waals surface area contributed by atoms with E-state index >= 15 is 0 Å². The average molecular weight is 390 g/mol. The van der Waals surface area contributed by atoms with E-state index in [0.29, 0.717) is 22.7 Å². The second kappa shape index (κ2) is 7.55. The predicted molar refractivity (Wildman–Crippen MR) is 101 cm³/mol. The first-order valence-electron chi connectivity index (χ1n) is 8.07. The first-order chi connectivity index (χ1) is 12.4. The predicted octanol–water partition coefficient (Wildman–Crippen LogP) is 2.91. The number of nitrogens with one attached hydrogen (secondary N) is 1. The number of carbonyl (C=O) groups is 3. The molecule has 3 amide bonds. The molecule has 0 aliphatic carbocycles. The van der Waals surface area contributed by atoms with Crippen LogP contribution in [0, 0.1) is 5.92 Å². The number of amides is 3. The topological polar surface area (TPSA) is 92.3 Å². The number of benzene rings is 1. The zero-order valence-electron chi connectivity index (χ0n) is 14.6. The molecule has 0 radical (unpaired) electrons. The molecule has 1 aliphatic heterocycles. The smallest absolute Gasteiger partial charge is 0.262 e. The number of aromatic nitrogens is 2. The van der Waals surface area contributed by atoms with Crippen molar-refractivity contribution >= 4 is 46.0 Å². The van der Waals surface area contributed by atoms with Gasteiger partial charge in [-0.2, -0.15) is 0 Å². The van der Waals surface area contributed by atoms with Gasteiger partial charge in [0.15, 0.2) is 4.34 Å². The summed E-state index contributed by atoms with van der Waals surface area (Å²) in [6, 6.07) is 5.72. The molecule has 1 atom stereocenters. The van der Waals surface area contributed by atoms with Crippen LogP contribution < -0.4 is 5.32 Å². The van der Waals surface area contributed by atoms with Crippen LogP contribution in [0.3, 0.4) is 0 Å². The maximum atomic E-state index is 12.8. The molecule has 1 aromatic carbocycles. The Morgan fingerprint density at radius 3 is 2.31 bits per heavy atom. The zero-order valence-corrected chi connectivity index (χ0v) is 16.2. The van der Waals surface area contributed by atoms with Crippen molar-refractivity contribution in [1.29, 1.82) is 0 Å². The number of hydrogen-bond donors (Lipinski definition) is 1. The van der Waals surface area contributed by atoms with Gasteiger partial charge in [0.05, 0.1) is 11.1 Å². The first kappa shape index (κ1) is 18.5. The highest BCUT2D eigenvalue weighted by molar-refractivity contribution is 8.00. The standard InChI is InChI=1S/C17H18N4O3S2/c1-9(2)8-12(13(22)18-16-19-20-17(25-3)26-16)21-14(23)10-6-4-5-7-11(10)15(21)24/h4-7,9,12H,8H2,1-3H3,(H,18,19,22). The molecule has 9 heteroatoms. The Kier molecular flexibility index (Phi) is 5.38. The molecule has 1 N–H and O–H groups in total. The van der Waals surface area contributed by atoms with Crippen LogP contribution in [-0.2, 0) is 4.79 Å². The van der Waals surface area contributed by atoms with E-state index < -0.39 is 23.8 Å². The van der Waals surface area contributed by atoms with Crippen LogP contribution in [0.1, 0.15) is 41.0 Å². The van der Waals surface area contributed by atoms with Crippen LogP contribution >= 0.6 is 23.1 Å². The Bertz CT molecular complexity index is 830. The molecule has 0 fully saturated rings. The van der Waals surface area contributed by atoms with Gasteiger partial charge in [0, 0.05) is 0 Å². The molecule has 26 heavy (non-hydrogen) atoms. The van der Waals surface area contributed by atoms with Gasteiger partial charge in [0.1, 0.15) is 6.04 Å². The quantitative estimate of drug-likeness (QED) is 0.463. The molecular weight excluding hydrogens is 372 g/mol. The Morgan fingerprint density at radius 2 is 1.81 bits per heavy atom. The van der Waals surface area contributed by atoms with Crippen LogP contribution in [0.5, 0.6) is 0 Å². The SMILES string of the molecule is CSc1nnc(NC(=O)C(CC(C)C)N2C(=O)c3ccccc3C2=O)s1. The fourth-order valence-corrected chi connectivity index (χ4v) is 3.97. The molecule has 0 spiro atoms. The Balaban J connectivity index is 1.87. The van der Waals surface area contributed by atoms with Gasteiger partial charge < -0.3 is 0 Å². The van der Waals surface area contributed by atoms with Crippen molar-refractivity contribution in [3.8, 4) is 0 Å². The maximum Gasteiger partial charge on any atom is 0.262 e. The van der Waals surface area contributed by atoms with Crippen molar-refractivity contribution in [2.45, 2.75) is 30.6 Å². The van der Waals surface area contributed by atoms with E-state index in [4.69, 9.17) is 0 Å². The number of rotatable bonds is 6. The van der Waals surface area contributed by atoms with Crippen molar-refractivity contribution in [3.05, 3.63) is 35.4 Å².